The van der Waals surface area contributed by atoms with Crippen LogP contribution >= 0.6 is 34.5 Å². The lowest BCUT2D eigenvalue weighted by Crippen LogP contribution is -2.12. The van der Waals surface area contributed by atoms with Crippen LogP contribution in [0, 0.1) is 0 Å². The molecule has 1 N–H and O–H groups in total. The number of anilines is 1. The maximum absolute atomic E-state index is 12.1. The molecular formula is C18H14Cl2N2OS. The van der Waals surface area contributed by atoms with Crippen LogP contribution in [0.3, 0.4) is 0 Å². The van der Waals surface area contributed by atoms with Crippen LogP contribution < -0.4 is 5.32 Å². The molecule has 24 heavy (non-hydrogen) atoms. The zero-order valence-corrected chi connectivity index (χ0v) is 15.0. The van der Waals surface area contributed by atoms with Gasteiger partial charge in [-0.15, -0.1) is 11.3 Å². The van der Waals surface area contributed by atoms with Gasteiger partial charge >= 0.3 is 0 Å². The molecule has 0 unspecified atom stereocenters. The molecule has 2 aromatic carbocycles. The largest absolute Gasteiger partial charge is 0.302 e. The molecule has 0 atom stereocenters. The fraction of sp³-hybridized carbons (Fsp3) is 0.111. The Balaban J connectivity index is 1.58. The summed E-state index contributed by atoms with van der Waals surface area (Å²) in [6.07, 6.45) is 1.03. The molecule has 0 aliphatic rings. The molecule has 0 saturated carbocycles. The van der Waals surface area contributed by atoms with Gasteiger partial charge in [0.1, 0.15) is 0 Å². The average Bonchev–Trinajstić information content (AvgIpc) is 3.02. The Morgan fingerprint density at radius 1 is 1.08 bits per heavy atom. The molecule has 0 bridgehead atoms. The highest BCUT2D eigenvalue weighted by atomic mass is 35.5. The lowest BCUT2D eigenvalue weighted by atomic mass is 10.1. The number of benzene rings is 2. The van der Waals surface area contributed by atoms with Crippen LogP contribution in [0.1, 0.15) is 12.0 Å². The standard InChI is InChI=1S/C18H14Cl2N2OS/c19-14-7-5-13(6-8-14)16-11-24-18(21-16)22-17(23)9-4-12-2-1-3-15(20)10-12/h1-3,5-8,10-11H,4,9H2,(H,21,22,23). The minimum atomic E-state index is -0.0630. The van der Waals surface area contributed by atoms with Gasteiger partial charge in [-0.1, -0.05) is 47.5 Å². The van der Waals surface area contributed by atoms with Crippen LogP contribution in [-0.4, -0.2) is 10.9 Å². The molecule has 0 aliphatic heterocycles. The number of carbonyl (C=O) groups excluding carboxylic acids is 1. The van der Waals surface area contributed by atoms with E-state index in [-0.39, 0.29) is 5.91 Å². The number of hydrogen-bond donors (Lipinski definition) is 1. The number of amides is 1. The smallest absolute Gasteiger partial charge is 0.226 e. The fourth-order valence-electron chi connectivity index (χ4n) is 2.22. The first-order chi connectivity index (χ1) is 11.6. The Bertz CT molecular complexity index is 846. The van der Waals surface area contributed by atoms with Crippen molar-refractivity contribution in [1.82, 2.24) is 4.98 Å². The van der Waals surface area contributed by atoms with E-state index in [1.165, 1.54) is 11.3 Å². The molecule has 0 fully saturated rings. The minimum absolute atomic E-state index is 0.0630. The molecule has 1 heterocycles. The Hall–Kier alpha value is -1.88. The van der Waals surface area contributed by atoms with Gasteiger partial charge in [-0.3, -0.25) is 4.79 Å². The van der Waals surface area contributed by atoms with E-state index in [0.29, 0.717) is 28.0 Å². The monoisotopic (exact) mass is 376 g/mol. The maximum atomic E-state index is 12.1. The van der Waals surface area contributed by atoms with Crippen molar-refractivity contribution in [3.63, 3.8) is 0 Å². The number of halogens is 2. The summed E-state index contributed by atoms with van der Waals surface area (Å²) < 4.78 is 0. The number of carbonyl (C=O) groups is 1. The Morgan fingerprint density at radius 3 is 2.62 bits per heavy atom. The van der Waals surface area contributed by atoms with Crippen LogP contribution in [0.25, 0.3) is 11.3 Å². The number of thiazole rings is 1. The van der Waals surface area contributed by atoms with Crippen molar-refractivity contribution in [3.05, 3.63) is 69.5 Å². The molecule has 1 amide bonds. The highest BCUT2D eigenvalue weighted by Gasteiger charge is 2.08. The number of nitrogens with one attached hydrogen (secondary N) is 1. The van der Waals surface area contributed by atoms with E-state index < -0.39 is 0 Å². The second-order valence-corrected chi connectivity index (χ2v) is 6.95. The third-order valence-electron chi connectivity index (χ3n) is 3.42. The van der Waals surface area contributed by atoms with Gasteiger partial charge in [-0.25, -0.2) is 4.98 Å². The molecule has 3 rings (SSSR count). The van der Waals surface area contributed by atoms with E-state index in [2.05, 4.69) is 10.3 Å². The number of aryl methyl sites for hydroxylation is 1. The van der Waals surface area contributed by atoms with Crippen LogP contribution in [-0.2, 0) is 11.2 Å². The lowest BCUT2D eigenvalue weighted by molar-refractivity contribution is -0.116. The van der Waals surface area contributed by atoms with Crippen molar-refractivity contribution in [3.8, 4) is 11.3 Å². The Kier molecular flexibility index (Phi) is 5.51. The number of aromatic nitrogens is 1. The summed E-state index contributed by atoms with van der Waals surface area (Å²) in [6.45, 7) is 0. The van der Waals surface area contributed by atoms with Crippen molar-refractivity contribution >= 4 is 45.6 Å². The summed E-state index contributed by atoms with van der Waals surface area (Å²) in [5, 5.41) is 6.71. The second kappa shape index (κ2) is 7.79. The van der Waals surface area contributed by atoms with Crippen LogP contribution in [0.2, 0.25) is 10.0 Å². The third-order valence-corrected chi connectivity index (χ3v) is 4.67. The summed E-state index contributed by atoms with van der Waals surface area (Å²) in [5.41, 5.74) is 2.83. The van der Waals surface area contributed by atoms with Crippen molar-refractivity contribution in [2.45, 2.75) is 12.8 Å². The molecule has 6 heteroatoms. The number of rotatable bonds is 5. The molecule has 3 nitrogen and oxygen atoms in total. The Labute approximate surface area is 154 Å². The first-order valence-corrected chi connectivity index (χ1v) is 8.99. The first kappa shape index (κ1) is 17.0. The fourth-order valence-corrected chi connectivity index (χ4v) is 3.29. The van der Waals surface area contributed by atoms with Gasteiger partial charge in [0.05, 0.1) is 5.69 Å². The third kappa shape index (κ3) is 4.57. The van der Waals surface area contributed by atoms with Crippen LogP contribution in [0.4, 0.5) is 5.13 Å². The second-order valence-electron chi connectivity index (χ2n) is 5.22. The molecule has 0 radical (unpaired) electrons. The van der Waals surface area contributed by atoms with Gasteiger partial charge < -0.3 is 5.32 Å². The molecule has 0 aliphatic carbocycles. The van der Waals surface area contributed by atoms with Crippen molar-refractivity contribution in [2.75, 3.05) is 5.32 Å². The van der Waals surface area contributed by atoms with Crippen molar-refractivity contribution in [2.24, 2.45) is 0 Å². The van der Waals surface area contributed by atoms with Crippen molar-refractivity contribution < 1.29 is 4.79 Å². The summed E-state index contributed by atoms with van der Waals surface area (Å²) in [7, 11) is 0. The van der Waals surface area contributed by atoms with Crippen LogP contribution in [0.5, 0.6) is 0 Å². The summed E-state index contributed by atoms with van der Waals surface area (Å²) in [6, 6.07) is 15.0. The van der Waals surface area contributed by atoms with Gasteiger partial charge in [0, 0.05) is 27.4 Å². The summed E-state index contributed by atoms with van der Waals surface area (Å²) in [5.74, 6) is -0.0630. The van der Waals surface area contributed by atoms with E-state index in [1.54, 1.807) is 0 Å². The molecule has 122 valence electrons. The Morgan fingerprint density at radius 2 is 1.88 bits per heavy atom. The number of nitrogens with zero attached hydrogens (tertiary/aromatic N) is 1. The first-order valence-electron chi connectivity index (χ1n) is 7.36. The zero-order chi connectivity index (χ0) is 16.9. The average molecular weight is 377 g/mol. The summed E-state index contributed by atoms with van der Waals surface area (Å²) >= 11 is 13.2. The van der Waals surface area contributed by atoms with Gasteiger partial charge in [0.2, 0.25) is 5.91 Å². The van der Waals surface area contributed by atoms with Gasteiger partial charge in [0.15, 0.2) is 5.13 Å². The quantitative estimate of drug-likeness (QED) is 0.621. The SMILES string of the molecule is O=C(CCc1cccc(Cl)c1)Nc1nc(-c2ccc(Cl)cc2)cs1. The van der Waals surface area contributed by atoms with Gasteiger partial charge in [0.25, 0.3) is 0 Å². The molecule has 1 aromatic heterocycles. The lowest BCUT2D eigenvalue weighted by Gasteiger charge is -2.03. The maximum Gasteiger partial charge on any atom is 0.226 e. The molecule has 3 aromatic rings. The normalized spacial score (nSPS) is 10.6. The molecule has 0 spiro atoms. The highest BCUT2D eigenvalue weighted by molar-refractivity contribution is 7.14. The number of hydrogen-bond acceptors (Lipinski definition) is 3. The predicted molar refractivity (Wildman–Crippen MR) is 101 cm³/mol. The van der Waals surface area contributed by atoms with E-state index >= 15 is 0 Å². The topological polar surface area (TPSA) is 42.0 Å². The van der Waals surface area contributed by atoms with E-state index in [9.17, 15) is 4.79 Å². The van der Waals surface area contributed by atoms with Crippen LogP contribution in [0.15, 0.2) is 53.9 Å². The van der Waals surface area contributed by atoms with Gasteiger partial charge in [-0.05, 0) is 36.2 Å². The summed E-state index contributed by atoms with van der Waals surface area (Å²) in [4.78, 5) is 16.5. The highest BCUT2D eigenvalue weighted by Crippen LogP contribution is 2.26. The van der Waals surface area contributed by atoms with Gasteiger partial charge in [-0.2, -0.15) is 0 Å². The molecular weight excluding hydrogens is 363 g/mol. The van der Waals surface area contributed by atoms with E-state index in [0.717, 1.165) is 16.8 Å². The van der Waals surface area contributed by atoms with Crippen molar-refractivity contribution in [1.29, 1.82) is 0 Å². The minimum Gasteiger partial charge on any atom is -0.302 e. The van der Waals surface area contributed by atoms with E-state index in [1.807, 2.05) is 53.9 Å². The predicted octanol–water partition coefficient (Wildman–Crippen LogP) is 5.69. The van der Waals surface area contributed by atoms with E-state index in [4.69, 9.17) is 23.2 Å². The molecule has 0 saturated heterocycles. The zero-order valence-electron chi connectivity index (χ0n) is 12.6.